The first-order valence-corrected chi connectivity index (χ1v) is 7.42. The molecule has 0 aliphatic carbocycles. The lowest BCUT2D eigenvalue weighted by Gasteiger charge is -2.29. The Balaban J connectivity index is 2.02. The minimum absolute atomic E-state index is 0.255. The molecule has 2 heterocycles. The van der Waals surface area contributed by atoms with Crippen LogP contribution in [-0.2, 0) is 11.8 Å². The van der Waals surface area contributed by atoms with Gasteiger partial charge in [-0.1, -0.05) is 6.08 Å². The Morgan fingerprint density at radius 1 is 1.45 bits per heavy atom. The van der Waals surface area contributed by atoms with E-state index in [0.29, 0.717) is 13.1 Å². The van der Waals surface area contributed by atoms with E-state index >= 15 is 0 Å². The molecule has 0 saturated carbocycles. The molecule has 0 N–H and O–H groups in total. The Labute approximate surface area is 127 Å². The number of imidazole rings is 1. The zero-order valence-electron chi connectivity index (χ0n) is 12.3. The molecule has 110 valence electrons. The summed E-state index contributed by atoms with van der Waals surface area (Å²) in [6.07, 6.45) is 4.57. The van der Waals surface area contributed by atoms with Crippen LogP contribution >= 0.6 is 15.9 Å². The topological polar surface area (TPSA) is 47.4 Å². The maximum atomic E-state index is 12.0. The second kappa shape index (κ2) is 5.60. The molecule has 0 unspecified atom stereocenters. The van der Waals surface area contributed by atoms with E-state index in [-0.39, 0.29) is 6.09 Å². The van der Waals surface area contributed by atoms with Gasteiger partial charge in [0.1, 0.15) is 5.60 Å². The highest BCUT2D eigenvalue weighted by Gasteiger charge is 2.24. The molecule has 1 amide bonds. The van der Waals surface area contributed by atoms with Crippen molar-refractivity contribution in [2.75, 3.05) is 13.1 Å². The van der Waals surface area contributed by atoms with Crippen molar-refractivity contribution in [2.45, 2.75) is 32.8 Å². The van der Waals surface area contributed by atoms with E-state index in [1.165, 1.54) is 5.57 Å². The predicted molar refractivity (Wildman–Crippen MR) is 81.3 cm³/mol. The van der Waals surface area contributed by atoms with Gasteiger partial charge in [0, 0.05) is 26.3 Å². The monoisotopic (exact) mass is 341 g/mol. The van der Waals surface area contributed by atoms with Gasteiger partial charge in [-0.25, -0.2) is 9.78 Å². The third kappa shape index (κ3) is 3.62. The van der Waals surface area contributed by atoms with Crippen LogP contribution in [0.3, 0.4) is 0 Å². The number of carbonyl (C=O) groups excluding carboxylic acids is 1. The van der Waals surface area contributed by atoms with Crippen molar-refractivity contribution in [1.29, 1.82) is 0 Å². The van der Waals surface area contributed by atoms with Gasteiger partial charge in [-0.2, -0.15) is 0 Å². The van der Waals surface area contributed by atoms with Crippen LogP contribution in [0, 0.1) is 0 Å². The van der Waals surface area contributed by atoms with Crippen molar-refractivity contribution < 1.29 is 9.53 Å². The van der Waals surface area contributed by atoms with Crippen LogP contribution in [0.15, 0.2) is 17.0 Å². The quantitative estimate of drug-likeness (QED) is 0.787. The van der Waals surface area contributed by atoms with Crippen LogP contribution in [0.5, 0.6) is 0 Å². The number of rotatable bonds is 1. The molecule has 1 aromatic rings. The third-order valence-corrected chi connectivity index (χ3v) is 3.75. The van der Waals surface area contributed by atoms with Crippen LogP contribution in [0.4, 0.5) is 4.79 Å². The first-order valence-electron chi connectivity index (χ1n) is 6.62. The maximum absolute atomic E-state index is 12.0. The molecule has 0 saturated heterocycles. The molecule has 5 nitrogen and oxygen atoms in total. The van der Waals surface area contributed by atoms with Gasteiger partial charge < -0.3 is 14.2 Å². The van der Waals surface area contributed by atoms with Crippen molar-refractivity contribution in [3.05, 3.63) is 22.7 Å². The molecule has 0 fully saturated rings. The molecule has 0 aromatic carbocycles. The number of nitrogens with zero attached hydrogens (tertiary/aromatic N) is 3. The SMILES string of the molecule is Cn1cc(C2=CCN(C(=O)OC(C)(C)C)CC2)nc1Br. The van der Waals surface area contributed by atoms with Gasteiger partial charge in [0.2, 0.25) is 0 Å². The van der Waals surface area contributed by atoms with E-state index in [9.17, 15) is 4.79 Å². The zero-order valence-corrected chi connectivity index (χ0v) is 13.9. The summed E-state index contributed by atoms with van der Waals surface area (Å²) in [6.45, 7) is 6.86. The summed E-state index contributed by atoms with van der Waals surface area (Å²) in [5, 5.41) is 0. The van der Waals surface area contributed by atoms with Crippen LogP contribution in [-0.4, -0.2) is 39.2 Å². The fraction of sp³-hybridized carbons (Fsp3) is 0.571. The molecule has 0 atom stereocenters. The molecule has 0 spiro atoms. The molecule has 1 aromatic heterocycles. The van der Waals surface area contributed by atoms with Gasteiger partial charge in [0.25, 0.3) is 0 Å². The van der Waals surface area contributed by atoms with Crippen LogP contribution in [0.1, 0.15) is 32.9 Å². The minimum Gasteiger partial charge on any atom is -0.444 e. The van der Waals surface area contributed by atoms with Crippen molar-refractivity contribution in [3.8, 4) is 0 Å². The van der Waals surface area contributed by atoms with Crippen LogP contribution in [0.25, 0.3) is 5.57 Å². The predicted octanol–water partition coefficient (Wildman–Crippen LogP) is 3.21. The van der Waals surface area contributed by atoms with E-state index in [2.05, 4.69) is 20.9 Å². The summed E-state index contributed by atoms with van der Waals surface area (Å²) in [5.41, 5.74) is 1.68. The lowest BCUT2D eigenvalue weighted by molar-refractivity contribution is 0.0270. The molecule has 1 aliphatic rings. The Kier molecular flexibility index (Phi) is 4.22. The number of halogens is 1. The van der Waals surface area contributed by atoms with Gasteiger partial charge in [0.05, 0.1) is 5.69 Å². The number of ether oxygens (including phenoxy) is 1. The highest BCUT2D eigenvalue weighted by Crippen LogP contribution is 2.24. The Bertz CT molecular complexity index is 524. The first-order chi connectivity index (χ1) is 9.26. The van der Waals surface area contributed by atoms with Gasteiger partial charge in [-0.15, -0.1) is 0 Å². The Hall–Kier alpha value is -1.30. The summed E-state index contributed by atoms with van der Waals surface area (Å²) < 4.78 is 8.11. The lowest BCUT2D eigenvalue weighted by atomic mass is 10.1. The average molecular weight is 342 g/mol. The largest absolute Gasteiger partial charge is 0.444 e. The van der Waals surface area contributed by atoms with Gasteiger partial charge in [-0.05, 0) is 48.7 Å². The summed E-state index contributed by atoms with van der Waals surface area (Å²) >= 11 is 3.39. The van der Waals surface area contributed by atoms with Crippen molar-refractivity contribution in [2.24, 2.45) is 7.05 Å². The van der Waals surface area contributed by atoms with Crippen LogP contribution in [0.2, 0.25) is 0 Å². The van der Waals surface area contributed by atoms with Gasteiger partial charge >= 0.3 is 6.09 Å². The summed E-state index contributed by atoms with van der Waals surface area (Å²) in [4.78, 5) is 18.1. The molecule has 2 rings (SSSR count). The minimum atomic E-state index is -0.451. The Morgan fingerprint density at radius 2 is 2.15 bits per heavy atom. The lowest BCUT2D eigenvalue weighted by Crippen LogP contribution is -2.39. The van der Waals surface area contributed by atoms with Crippen molar-refractivity contribution in [3.63, 3.8) is 0 Å². The molecular weight excluding hydrogens is 322 g/mol. The number of aryl methyl sites for hydroxylation is 1. The second-order valence-corrected chi connectivity index (χ2v) is 6.62. The highest BCUT2D eigenvalue weighted by atomic mass is 79.9. The molecule has 6 heteroatoms. The average Bonchev–Trinajstić information content (AvgIpc) is 2.68. The maximum Gasteiger partial charge on any atom is 0.410 e. The second-order valence-electron chi connectivity index (χ2n) is 5.91. The van der Waals surface area contributed by atoms with E-state index in [4.69, 9.17) is 4.74 Å². The van der Waals surface area contributed by atoms with Gasteiger partial charge in [0.15, 0.2) is 4.73 Å². The number of amides is 1. The standard InChI is InChI=1S/C14H20BrN3O2/c1-14(2,3)20-13(19)18-7-5-10(6-8-18)11-9-17(4)12(15)16-11/h5,9H,6-8H2,1-4H3. The van der Waals surface area contributed by atoms with Crippen LogP contribution < -0.4 is 0 Å². The van der Waals surface area contributed by atoms with Crippen molar-refractivity contribution in [1.82, 2.24) is 14.5 Å². The Morgan fingerprint density at radius 3 is 2.60 bits per heavy atom. The summed E-state index contributed by atoms with van der Waals surface area (Å²) in [5.74, 6) is 0. The number of aromatic nitrogens is 2. The van der Waals surface area contributed by atoms with E-state index in [1.807, 2.05) is 44.7 Å². The molecule has 1 aliphatic heterocycles. The van der Waals surface area contributed by atoms with E-state index in [0.717, 1.165) is 16.8 Å². The van der Waals surface area contributed by atoms with Crippen molar-refractivity contribution >= 4 is 27.6 Å². The fourth-order valence-electron chi connectivity index (χ4n) is 1.99. The zero-order chi connectivity index (χ0) is 14.9. The summed E-state index contributed by atoms with van der Waals surface area (Å²) in [6, 6.07) is 0. The smallest absolute Gasteiger partial charge is 0.410 e. The number of hydrogen-bond donors (Lipinski definition) is 0. The normalized spacial score (nSPS) is 16.1. The molecule has 0 radical (unpaired) electrons. The molecule has 20 heavy (non-hydrogen) atoms. The number of hydrogen-bond acceptors (Lipinski definition) is 3. The number of carbonyl (C=O) groups is 1. The fourth-order valence-corrected chi connectivity index (χ4v) is 2.29. The first kappa shape index (κ1) is 15.1. The molecule has 0 bridgehead atoms. The molecular formula is C14H20BrN3O2. The third-order valence-electron chi connectivity index (χ3n) is 3.01. The van der Waals surface area contributed by atoms with Gasteiger partial charge in [-0.3, -0.25) is 0 Å². The summed E-state index contributed by atoms with van der Waals surface area (Å²) in [7, 11) is 1.94. The van der Waals surface area contributed by atoms with E-state index in [1.54, 1.807) is 4.90 Å². The van der Waals surface area contributed by atoms with E-state index < -0.39 is 5.60 Å². The highest BCUT2D eigenvalue weighted by molar-refractivity contribution is 9.10.